The summed E-state index contributed by atoms with van der Waals surface area (Å²) in [5.41, 5.74) is 5.41. The molecule has 26 heavy (non-hydrogen) atoms. The van der Waals surface area contributed by atoms with Crippen LogP contribution in [-0.2, 0) is 0 Å². The predicted octanol–water partition coefficient (Wildman–Crippen LogP) is 4.83. The van der Waals surface area contributed by atoms with E-state index in [1.54, 1.807) is 14.2 Å². The summed E-state index contributed by atoms with van der Waals surface area (Å²) < 4.78 is 5.61. The molecule has 1 heterocycles. The van der Waals surface area contributed by atoms with Crippen LogP contribution >= 0.6 is 0 Å². The first kappa shape index (κ1) is 18.2. The van der Waals surface area contributed by atoms with Crippen molar-refractivity contribution < 1.29 is 4.74 Å². The molecule has 0 radical (unpaired) electrons. The second kappa shape index (κ2) is 8.17. The summed E-state index contributed by atoms with van der Waals surface area (Å²) in [6.45, 7) is 4.16. The molecule has 0 aliphatic heterocycles. The molecule has 0 atom stereocenters. The maximum Gasteiger partial charge on any atom is 0.132 e. The van der Waals surface area contributed by atoms with Crippen LogP contribution in [0.25, 0.3) is 11.3 Å². The maximum absolute atomic E-state index is 5.61. The first-order chi connectivity index (χ1) is 12.7. The van der Waals surface area contributed by atoms with Gasteiger partial charge in [0.25, 0.3) is 0 Å². The zero-order chi connectivity index (χ0) is 18.5. The Morgan fingerprint density at radius 1 is 1.35 bits per heavy atom. The number of hydrogen-bond acceptors (Lipinski definition) is 3. The molecule has 1 saturated carbocycles. The van der Waals surface area contributed by atoms with Crippen molar-refractivity contribution >= 4 is 5.84 Å². The van der Waals surface area contributed by atoms with Gasteiger partial charge < -0.3 is 10.1 Å². The summed E-state index contributed by atoms with van der Waals surface area (Å²) in [5, 5.41) is 3.28. The molecule has 0 unspecified atom stereocenters. The van der Waals surface area contributed by atoms with Crippen molar-refractivity contribution in [1.29, 1.82) is 0 Å². The fraction of sp³-hybridized carbons (Fsp3) is 0.364. The fourth-order valence-corrected chi connectivity index (χ4v) is 3.05. The quantitative estimate of drug-likeness (QED) is 0.600. The third kappa shape index (κ3) is 3.96. The van der Waals surface area contributed by atoms with E-state index in [-0.39, 0.29) is 0 Å². The van der Waals surface area contributed by atoms with Crippen LogP contribution in [0.15, 0.2) is 47.7 Å². The maximum atomic E-state index is 5.61. The van der Waals surface area contributed by atoms with Crippen molar-refractivity contribution in [2.45, 2.75) is 39.0 Å². The summed E-state index contributed by atoms with van der Waals surface area (Å²) >= 11 is 0. The molecule has 0 saturated heterocycles. The third-order valence-electron chi connectivity index (χ3n) is 4.76. The van der Waals surface area contributed by atoms with Crippen molar-refractivity contribution in [2.24, 2.45) is 4.99 Å². The molecule has 1 aromatic carbocycles. The minimum atomic E-state index is 0.716. The van der Waals surface area contributed by atoms with E-state index in [9.17, 15) is 0 Å². The number of amidine groups is 1. The molecule has 1 aliphatic carbocycles. The Balaban J connectivity index is 1.99. The molecule has 4 heteroatoms. The van der Waals surface area contributed by atoms with Crippen molar-refractivity contribution in [3.63, 3.8) is 0 Å². The molecule has 136 valence electrons. The lowest BCUT2D eigenvalue weighted by Crippen LogP contribution is -2.20. The van der Waals surface area contributed by atoms with E-state index in [1.165, 1.54) is 18.4 Å². The molecule has 0 spiro atoms. The van der Waals surface area contributed by atoms with Gasteiger partial charge in [-0.25, -0.2) is 0 Å². The van der Waals surface area contributed by atoms with Crippen molar-refractivity contribution in [3.8, 4) is 17.0 Å². The van der Waals surface area contributed by atoms with E-state index in [0.717, 1.165) is 40.4 Å². The number of benzene rings is 1. The van der Waals surface area contributed by atoms with E-state index in [1.807, 2.05) is 18.5 Å². The molecular formula is C22H27N3O. The second-order valence-electron chi connectivity index (χ2n) is 6.63. The zero-order valence-corrected chi connectivity index (χ0v) is 16.0. The number of methoxy groups -OCH3 is 1. The first-order valence-corrected chi connectivity index (χ1v) is 9.21. The topological polar surface area (TPSA) is 46.5 Å². The second-order valence-corrected chi connectivity index (χ2v) is 6.63. The number of allylic oxidation sites excluding steroid dienone is 1. The number of nitrogens with zero attached hydrogens (tertiary/aromatic N) is 2. The summed E-state index contributed by atoms with van der Waals surface area (Å²) in [6, 6.07) is 8.48. The van der Waals surface area contributed by atoms with Crippen LogP contribution in [0.5, 0.6) is 5.75 Å². The smallest absolute Gasteiger partial charge is 0.132 e. The molecule has 1 fully saturated rings. The van der Waals surface area contributed by atoms with Gasteiger partial charge in [0.1, 0.15) is 11.6 Å². The van der Waals surface area contributed by atoms with Crippen LogP contribution < -0.4 is 10.1 Å². The highest BCUT2D eigenvalue weighted by Gasteiger charge is 2.23. The Morgan fingerprint density at radius 3 is 2.73 bits per heavy atom. The molecule has 1 aliphatic rings. The average Bonchev–Trinajstić information content (AvgIpc) is 3.51. The number of nitrogens with one attached hydrogen (secondary N) is 1. The van der Waals surface area contributed by atoms with Gasteiger partial charge in [-0.3, -0.25) is 9.98 Å². The highest BCUT2D eigenvalue weighted by atomic mass is 16.5. The Labute approximate surface area is 156 Å². The Kier molecular flexibility index (Phi) is 5.71. The molecule has 0 bridgehead atoms. The van der Waals surface area contributed by atoms with Gasteiger partial charge in [0.2, 0.25) is 0 Å². The fourth-order valence-electron chi connectivity index (χ4n) is 3.05. The van der Waals surface area contributed by atoms with Gasteiger partial charge in [-0.1, -0.05) is 19.1 Å². The largest absolute Gasteiger partial charge is 0.496 e. The number of rotatable bonds is 6. The Bertz CT molecular complexity index is 818. The number of aliphatic imine (C=N–C) groups is 1. The molecule has 3 rings (SSSR count). The predicted molar refractivity (Wildman–Crippen MR) is 108 cm³/mol. The molecular weight excluding hydrogens is 322 g/mol. The summed E-state index contributed by atoms with van der Waals surface area (Å²) in [6.07, 6.45) is 9.57. The van der Waals surface area contributed by atoms with Crippen LogP contribution in [0.4, 0.5) is 0 Å². The van der Waals surface area contributed by atoms with Gasteiger partial charge in [-0.05, 0) is 62.1 Å². The number of aromatic nitrogens is 1. The van der Waals surface area contributed by atoms with Gasteiger partial charge >= 0.3 is 0 Å². The summed E-state index contributed by atoms with van der Waals surface area (Å²) in [4.78, 5) is 9.11. The van der Waals surface area contributed by atoms with E-state index in [4.69, 9.17) is 4.74 Å². The summed E-state index contributed by atoms with van der Waals surface area (Å²) in [5.74, 6) is 2.38. The molecule has 0 amide bonds. The lowest BCUT2D eigenvalue weighted by Gasteiger charge is -2.15. The molecule has 1 aromatic heterocycles. The minimum absolute atomic E-state index is 0.716. The molecule has 2 aromatic rings. The van der Waals surface area contributed by atoms with Gasteiger partial charge in [0, 0.05) is 29.9 Å². The Hall–Kier alpha value is -2.62. The summed E-state index contributed by atoms with van der Waals surface area (Å²) in [7, 11) is 3.50. The normalized spacial score (nSPS) is 14.7. The van der Waals surface area contributed by atoms with Crippen LogP contribution in [-0.4, -0.2) is 25.0 Å². The lowest BCUT2D eigenvalue weighted by atomic mass is 10.00. The van der Waals surface area contributed by atoms with Crippen LogP contribution in [0.1, 0.15) is 48.8 Å². The number of ether oxygens (including phenoxy) is 1. The van der Waals surface area contributed by atoms with Crippen LogP contribution in [0, 0.1) is 6.92 Å². The van der Waals surface area contributed by atoms with E-state index in [0.29, 0.717) is 5.92 Å². The standard InChI is InChI=1S/C22H27N3O/c1-5-6-11-24-22(23-3)19-12-18(13-21(26-4)15(19)2)20-10-9-17(14-25-20)16-7-8-16/h6,9-14,16H,5,7-8H2,1-4H3,(H,23,24)/b11-6+. The monoisotopic (exact) mass is 349 g/mol. The number of hydrogen-bond donors (Lipinski definition) is 1. The highest BCUT2D eigenvalue weighted by molar-refractivity contribution is 6.02. The average molecular weight is 349 g/mol. The minimum Gasteiger partial charge on any atom is -0.496 e. The highest BCUT2D eigenvalue weighted by Crippen LogP contribution is 2.40. The van der Waals surface area contributed by atoms with E-state index >= 15 is 0 Å². The van der Waals surface area contributed by atoms with Crippen molar-refractivity contribution in [1.82, 2.24) is 10.3 Å². The molecule has 4 nitrogen and oxygen atoms in total. The van der Waals surface area contributed by atoms with Gasteiger partial charge in [-0.2, -0.15) is 0 Å². The van der Waals surface area contributed by atoms with E-state index < -0.39 is 0 Å². The van der Waals surface area contributed by atoms with Gasteiger partial charge in [0.15, 0.2) is 0 Å². The van der Waals surface area contributed by atoms with Crippen molar-refractivity contribution in [3.05, 3.63) is 59.4 Å². The first-order valence-electron chi connectivity index (χ1n) is 9.21. The van der Waals surface area contributed by atoms with E-state index in [2.05, 4.69) is 53.4 Å². The zero-order valence-electron chi connectivity index (χ0n) is 16.0. The SMILES string of the molecule is CC/C=C/NC(=NC)c1cc(-c2ccc(C3CC3)cn2)cc(OC)c1C. The van der Waals surface area contributed by atoms with Gasteiger partial charge in [0.05, 0.1) is 12.8 Å². The Morgan fingerprint density at radius 2 is 2.15 bits per heavy atom. The lowest BCUT2D eigenvalue weighted by molar-refractivity contribution is 0.412. The molecule has 1 N–H and O–H groups in total. The van der Waals surface area contributed by atoms with Crippen molar-refractivity contribution in [2.75, 3.05) is 14.2 Å². The van der Waals surface area contributed by atoms with Crippen LogP contribution in [0.3, 0.4) is 0 Å². The van der Waals surface area contributed by atoms with Crippen LogP contribution in [0.2, 0.25) is 0 Å². The van der Waals surface area contributed by atoms with Gasteiger partial charge in [-0.15, -0.1) is 0 Å². The number of pyridine rings is 1. The third-order valence-corrected chi connectivity index (χ3v) is 4.76.